The van der Waals surface area contributed by atoms with Gasteiger partial charge in [-0.15, -0.1) is 24.0 Å². The molecule has 148 valence electrons. The molecule has 1 aromatic rings. The number of likely N-dealkylation sites (tertiary alicyclic amines) is 1. The molecule has 0 bridgehead atoms. The third-order valence-corrected chi connectivity index (χ3v) is 4.82. The Morgan fingerprint density at radius 1 is 1.31 bits per heavy atom. The first-order valence-corrected chi connectivity index (χ1v) is 9.51. The SMILES string of the molecule is CCNC(=NCC1CCCN(CC)C1)N(C)Cc1ccc(OC)cc1.I. The summed E-state index contributed by atoms with van der Waals surface area (Å²) in [5.41, 5.74) is 1.25. The van der Waals surface area contributed by atoms with Gasteiger partial charge in [0.25, 0.3) is 0 Å². The summed E-state index contributed by atoms with van der Waals surface area (Å²) in [6, 6.07) is 8.24. The van der Waals surface area contributed by atoms with E-state index in [9.17, 15) is 0 Å². The molecule has 1 aliphatic heterocycles. The summed E-state index contributed by atoms with van der Waals surface area (Å²) in [5.74, 6) is 2.56. The van der Waals surface area contributed by atoms with Gasteiger partial charge in [-0.25, -0.2) is 0 Å². The summed E-state index contributed by atoms with van der Waals surface area (Å²) in [5, 5.41) is 3.43. The van der Waals surface area contributed by atoms with E-state index in [1.54, 1.807) is 7.11 Å². The number of halogens is 1. The third-order valence-electron chi connectivity index (χ3n) is 4.82. The first-order chi connectivity index (χ1) is 12.2. The molecule has 5 nitrogen and oxygen atoms in total. The second-order valence-electron chi connectivity index (χ2n) is 6.80. The van der Waals surface area contributed by atoms with Crippen LogP contribution >= 0.6 is 24.0 Å². The molecule has 2 rings (SSSR count). The molecule has 1 atom stereocenters. The van der Waals surface area contributed by atoms with Crippen molar-refractivity contribution in [1.29, 1.82) is 0 Å². The Morgan fingerprint density at radius 2 is 2.04 bits per heavy atom. The highest BCUT2D eigenvalue weighted by molar-refractivity contribution is 14.0. The van der Waals surface area contributed by atoms with Crippen LogP contribution < -0.4 is 10.1 Å². The van der Waals surface area contributed by atoms with Crippen LogP contribution in [0.5, 0.6) is 5.75 Å². The van der Waals surface area contributed by atoms with Crippen LogP contribution in [0.25, 0.3) is 0 Å². The highest BCUT2D eigenvalue weighted by Gasteiger charge is 2.18. The molecule has 1 aromatic carbocycles. The van der Waals surface area contributed by atoms with Crippen molar-refractivity contribution in [2.75, 3.05) is 46.9 Å². The quantitative estimate of drug-likeness (QED) is 0.374. The number of ether oxygens (including phenoxy) is 1. The number of hydrogen-bond donors (Lipinski definition) is 1. The van der Waals surface area contributed by atoms with Crippen molar-refractivity contribution in [3.8, 4) is 5.75 Å². The lowest BCUT2D eigenvalue weighted by atomic mass is 9.98. The van der Waals surface area contributed by atoms with E-state index in [0.717, 1.165) is 37.9 Å². The van der Waals surface area contributed by atoms with Gasteiger partial charge < -0.3 is 19.9 Å². The Morgan fingerprint density at radius 3 is 2.65 bits per heavy atom. The zero-order chi connectivity index (χ0) is 18.1. The molecular formula is C20H35IN4O. The number of nitrogens with zero attached hydrogens (tertiary/aromatic N) is 3. The number of aliphatic imine (C=N–C) groups is 1. The maximum absolute atomic E-state index is 5.23. The third kappa shape index (κ3) is 7.31. The van der Waals surface area contributed by atoms with E-state index in [1.165, 1.54) is 31.5 Å². The number of methoxy groups -OCH3 is 1. The van der Waals surface area contributed by atoms with Gasteiger partial charge in [0.2, 0.25) is 0 Å². The molecule has 1 heterocycles. The standard InChI is InChI=1S/C20H34N4O.HI/c1-5-21-20(22-14-18-8-7-13-24(6-2)16-18)23(3)15-17-9-11-19(25-4)12-10-17;/h9-12,18H,5-8,13-16H2,1-4H3,(H,21,22);1H. The van der Waals surface area contributed by atoms with Crippen molar-refractivity contribution in [3.05, 3.63) is 29.8 Å². The van der Waals surface area contributed by atoms with Crippen LogP contribution in [0, 0.1) is 5.92 Å². The Balaban J connectivity index is 0.00000338. The van der Waals surface area contributed by atoms with Gasteiger partial charge in [-0.05, 0) is 56.5 Å². The smallest absolute Gasteiger partial charge is 0.193 e. The predicted molar refractivity (Wildman–Crippen MR) is 121 cm³/mol. The molecule has 1 N–H and O–H groups in total. The van der Waals surface area contributed by atoms with Crippen molar-refractivity contribution in [2.45, 2.75) is 33.2 Å². The summed E-state index contributed by atoms with van der Waals surface area (Å²) in [6.45, 7) is 10.6. The number of piperidine rings is 1. The number of benzene rings is 1. The van der Waals surface area contributed by atoms with E-state index in [1.807, 2.05) is 12.1 Å². The van der Waals surface area contributed by atoms with Gasteiger partial charge in [0.15, 0.2) is 5.96 Å². The van der Waals surface area contributed by atoms with Gasteiger partial charge in [0, 0.05) is 33.2 Å². The zero-order valence-corrected chi connectivity index (χ0v) is 19.0. The normalized spacial score (nSPS) is 18.2. The maximum Gasteiger partial charge on any atom is 0.193 e. The van der Waals surface area contributed by atoms with Gasteiger partial charge in [-0.1, -0.05) is 19.1 Å². The molecule has 1 saturated heterocycles. The average Bonchev–Trinajstić information content (AvgIpc) is 2.65. The molecule has 6 heteroatoms. The molecule has 26 heavy (non-hydrogen) atoms. The zero-order valence-electron chi connectivity index (χ0n) is 16.7. The minimum Gasteiger partial charge on any atom is -0.497 e. The fourth-order valence-electron chi connectivity index (χ4n) is 3.35. The Hall–Kier alpha value is -1.02. The molecule has 0 radical (unpaired) electrons. The molecule has 0 spiro atoms. The highest BCUT2D eigenvalue weighted by Crippen LogP contribution is 2.17. The van der Waals surface area contributed by atoms with Crippen LogP contribution in [-0.4, -0.2) is 62.6 Å². The molecule has 1 aliphatic rings. The van der Waals surface area contributed by atoms with Gasteiger partial charge in [0.1, 0.15) is 5.75 Å². The second kappa shape index (κ2) is 12.4. The Bertz CT molecular complexity index is 535. The fraction of sp³-hybridized carbons (Fsp3) is 0.650. The fourth-order valence-corrected chi connectivity index (χ4v) is 3.35. The largest absolute Gasteiger partial charge is 0.497 e. The van der Waals surface area contributed by atoms with E-state index in [4.69, 9.17) is 9.73 Å². The summed E-state index contributed by atoms with van der Waals surface area (Å²) in [4.78, 5) is 9.66. The number of guanidine groups is 1. The first kappa shape index (κ1) is 23.0. The van der Waals surface area contributed by atoms with Crippen molar-refractivity contribution >= 4 is 29.9 Å². The van der Waals surface area contributed by atoms with E-state index in [0.29, 0.717) is 5.92 Å². The van der Waals surface area contributed by atoms with Gasteiger partial charge in [-0.2, -0.15) is 0 Å². The molecule has 0 amide bonds. The summed E-state index contributed by atoms with van der Waals surface area (Å²) in [7, 11) is 3.80. The number of nitrogens with one attached hydrogen (secondary N) is 1. The van der Waals surface area contributed by atoms with E-state index >= 15 is 0 Å². The lowest BCUT2D eigenvalue weighted by molar-refractivity contribution is 0.186. The lowest BCUT2D eigenvalue weighted by Gasteiger charge is -2.31. The molecule has 0 aliphatic carbocycles. The Kier molecular flexibility index (Phi) is 11.0. The van der Waals surface area contributed by atoms with E-state index < -0.39 is 0 Å². The van der Waals surface area contributed by atoms with Crippen molar-refractivity contribution in [3.63, 3.8) is 0 Å². The van der Waals surface area contributed by atoms with Gasteiger partial charge in [0.05, 0.1) is 7.11 Å². The molecule has 0 aromatic heterocycles. The minimum absolute atomic E-state index is 0. The first-order valence-electron chi connectivity index (χ1n) is 9.51. The average molecular weight is 474 g/mol. The molecule has 1 unspecified atom stereocenters. The summed E-state index contributed by atoms with van der Waals surface area (Å²) < 4.78 is 5.23. The second-order valence-corrected chi connectivity index (χ2v) is 6.80. The van der Waals surface area contributed by atoms with Crippen LogP contribution in [0.2, 0.25) is 0 Å². The van der Waals surface area contributed by atoms with E-state index in [2.05, 4.69) is 48.1 Å². The van der Waals surface area contributed by atoms with Crippen LogP contribution in [0.1, 0.15) is 32.3 Å². The van der Waals surface area contributed by atoms with Crippen LogP contribution in [0.4, 0.5) is 0 Å². The van der Waals surface area contributed by atoms with Gasteiger partial charge >= 0.3 is 0 Å². The predicted octanol–water partition coefficient (Wildman–Crippen LogP) is 3.44. The van der Waals surface area contributed by atoms with Gasteiger partial charge in [-0.3, -0.25) is 4.99 Å². The topological polar surface area (TPSA) is 40.1 Å². The molecule has 0 saturated carbocycles. The van der Waals surface area contributed by atoms with Crippen molar-refractivity contribution in [2.24, 2.45) is 10.9 Å². The monoisotopic (exact) mass is 474 g/mol. The molecule has 1 fully saturated rings. The maximum atomic E-state index is 5.23. The minimum atomic E-state index is 0. The Labute approximate surface area is 176 Å². The highest BCUT2D eigenvalue weighted by atomic mass is 127. The summed E-state index contributed by atoms with van der Waals surface area (Å²) >= 11 is 0. The van der Waals surface area contributed by atoms with Crippen molar-refractivity contribution in [1.82, 2.24) is 15.1 Å². The lowest BCUT2D eigenvalue weighted by Crippen LogP contribution is -2.40. The van der Waals surface area contributed by atoms with Crippen molar-refractivity contribution < 1.29 is 4.74 Å². The van der Waals surface area contributed by atoms with Crippen LogP contribution in [0.15, 0.2) is 29.3 Å². The van der Waals surface area contributed by atoms with Crippen LogP contribution in [0.3, 0.4) is 0 Å². The summed E-state index contributed by atoms with van der Waals surface area (Å²) in [6.07, 6.45) is 2.59. The van der Waals surface area contributed by atoms with Crippen LogP contribution in [-0.2, 0) is 6.54 Å². The van der Waals surface area contributed by atoms with E-state index in [-0.39, 0.29) is 24.0 Å². The number of rotatable bonds is 7. The molecular weight excluding hydrogens is 439 g/mol. The number of hydrogen-bond acceptors (Lipinski definition) is 3.